The Bertz CT molecular complexity index is 293. The molecule has 0 bridgehead atoms. The van der Waals surface area contributed by atoms with Gasteiger partial charge in [-0.2, -0.15) is 0 Å². The molecule has 2 heteroatoms. The minimum absolute atomic E-state index is 0.851. The van der Waals surface area contributed by atoms with Gasteiger partial charge in [0.05, 0.1) is 0 Å². The van der Waals surface area contributed by atoms with Gasteiger partial charge in [0.2, 0.25) is 0 Å². The first-order valence-corrected chi connectivity index (χ1v) is 12.0. The molecule has 0 spiro atoms. The van der Waals surface area contributed by atoms with E-state index < -0.39 is 0 Å². The summed E-state index contributed by atoms with van der Waals surface area (Å²) in [7, 11) is 3.63. The molecule has 0 saturated heterocycles. The molecule has 0 radical (unpaired) electrons. The van der Waals surface area contributed by atoms with Crippen molar-refractivity contribution >= 4 is 15.3 Å². The standard InChI is InChI=1S/C22H42BP/c24-23-22-18-16-21(17-19-22)20-14-12-10-8-6-4-2-1-3-5-7-9-11-13-15-20/h20-22,24H,1-19H2. The topological polar surface area (TPSA) is 0 Å². The van der Waals surface area contributed by atoms with E-state index in [9.17, 15) is 0 Å². The van der Waals surface area contributed by atoms with Crippen molar-refractivity contribution in [3.05, 3.63) is 0 Å². The Kier molecular flexibility index (Phi) is 11.7. The van der Waals surface area contributed by atoms with Crippen LogP contribution in [0.4, 0.5) is 0 Å². The van der Waals surface area contributed by atoms with Crippen LogP contribution in [0.15, 0.2) is 0 Å². The van der Waals surface area contributed by atoms with Crippen molar-refractivity contribution < 1.29 is 0 Å². The van der Waals surface area contributed by atoms with Crippen molar-refractivity contribution in [2.45, 2.75) is 128 Å². The molecule has 0 aromatic rings. The Balaban J connectivity index is 1.75. The molecule has 2 rings (SSSR count). The molecular weight excluding hydrogens is 306 g/mol. The molecular formula is C22H42BP. The summed E-state index contributed by atoms with van der Waals surface area (Å²) in [5, 5.41) is 0. The van der Waals surface area contributed by atoms with Gasteiger partial charge < -0.3 is 0 Å². The number of hydrogen-bond acceptors (Lipinski definition) is 0. The Morgan fingerprint density at radius 3 is 1.12 bits per heavy atom. The Morgan fingerprint density at radius 2 is 0.750 bits per heavy atom. The van der Waals surface area contributed by atoms with E-state index in [0.717, 1.165) is 17.7 Å². The van der Waals surface area contributed by atoms with Gasteiger partial charge in [-0.25, -0.2) is 0 Å². The van der Waals surface area contributed by atoms with Crippen molar-refractivity contribution in [1.82, 2.24) is 0 Å². The molecule has 138 valence electrons. The fourth-order valence-corrected chi connectivity index (χ4v) is 5.49. The third-order valence-electron chi connectivity index (χ3n) is 6.87. The van der Waals surface area contributed by atoms with Gasteiger partial charge >= 0.3 is 149 Å². The van der Waals surface area contributed by atoms with Gasteiger partial charge in [0, 0.05) is 0 Å². The van der Waals surface area contributed by atoms with E-state index >= 15 is 0 Å². The molecule has 0 heterocycles. The summed E-state index contributed by atoms with van der Waals surface area (Å²) in [6.07, 6.45) is 28.4. The van der Waals surface area contributed by atoms with Gasteiger partial charge in [-0.05, 0) is 0 Å². The van der Waals surface area contributed by atoms with Gasteiger partial charge in [-0.15, -0.1) is 0 Å². The summed E-state index contributed by atoms with van der Waals surface area (Å²) in [4.78, 5) is 0. The summed E-state index contributed by atoms with van der Waals surface area (Å²) in [5.41, 5.74) is 0. The summed E-state index contributed by atoms with van der Waals surface area (Å²) in [6, 6.07) is 0. The third-order valence-corrected chi connectivity index (χ3v) is 7.34. The average Bonchev–Trinajstić information content (AvgIpc) is 2.62. The van der Waals surface area contributed by atoms with E-state index in [-0.39, 0.29) is 0 Å². The van der Waals surface area contributed by atoms with Gasteiger partial charge in [0.25, 0.3) is 0 Å². The van der Waals surface area contributed by atoms with Crippen LogP contribution in [0.5, 0.6) is 0 Å². The van der Waals surface area contributed by atoms with Crippen LogP contribution in [0, 0.1) is 11.8 Å². The Hall–Kier alpha value is 0.365. The second-order valence-electron chi connectivity index (χ2n) is 8.78. The molecule has 0 N–H and O–H groups in total. The number of hydrogen-bond donors (Lipinski definition) is 0. The van der Waals surface area contributed by atoms with Crippen LogP contribution in [0.25, 0.3) is 0 Å². The minimum atomic E-state index is 0.851. The van der Waals surface area contributed by atoms with Crippen molar-refractivity contribution in [1.29, 1.82) is 0 Å². The van der Waals surface area contributed by atoms with Crippen LogP contribution in [0.1, 0.15) is 122 Å². The maximum absolute atomic E-state index is 3.63. The van der Waals surface area contributed by atoms with Crippen molar-refractivity contribution in [2.24, 2.45) is 11.8 Å². The van der Waals surface area contributed by atoms with E-state index in [4.69, 9.17) is 0 Å². The van der Waals surface area contributed by atoms with Crippen LogP contribution in [0.2, 0.25) is 5.82 Å². The van der Waals surface area contributed by atoms with E-state index in [2.05, 4.69) is 15.3 Å². The Morgan fingerprint density at radius 1 is 0.417 bits per heavy atom. The zero-order valence-corrected chi connectivity index (χ0v) is 17.2. The van der Waals surface area contributed by atoms with Gasteiger partial charge in [-0.1, -0.05) is 6.42 Å². The summed E-state index contributed by atoms with van der Waals surface area (Å²) < 4.78 is 0. The predicted octanol–water partition coefficient (Wildman–Crippen LogP) is 8.21. The summed E-state index contributed by atoms with van der Waals surface area (Å²) in [5.74, 6) is 2.95. The molecule has 2 fully saturated rings. The van der Waals surface area contributed by atoms with Gasteiger partial charge in [-0.3, -0.25) is 0 Å². The first kappa shape index (κ1) is 20.7. The van der Waals surface area contributed by atoms with E-state index in [1.165, 1.54) is 122 Å². The summed E-state index contributed by atoms with van der Waals surface area (Å²) >= 11 is 0. The molecule has 0 atom stereocenters. The van der Waals surface area contributed by atoms with Crippen LogP contribution < -0.4 is 0 Å². The van der Waals surface area contributed by atoms with E-state index in [1.807, 2.05) is 0 Å². The van der Waals surface area contributed by atoms with Crippen LogP contribution >= 0.6 is 8.73 Å². The van der Waals surface area contributed by atoms with Crippen molar-refractivity contribution in [3.63, 3.8) is 0 Å². The van der Waals surface area contributed by atoms with Crippen LogP contribution in [-0.4, -0.2) is 6.62 Å². The molecule has 24 heavy (non-hydrogen) atoms. The maximum atomic E-state index is 3.63. The fourth-order valence-electron chi connectivity index (χ4n) is 5.16. The monoisotopic (exact) mass is 348 g/mol. The second-order valence-corrected chi connectivity index (χ2v) is 9.11. The molecule has 2 saturated carbocycles. The van der Waals surface area contributed by atoms with E-state index in [1.54, 1.807) is 0 Å². The molecule has 0 aromatic heterocycles. The molecule has 2 aliphatic carbocycles. The first-order chi connectivity index (χ1) is 11.9. The molecule has 0 unspecified atom stereocenters. The normalized spacial score (nSPS) is 30.5. The third kappa shape index (κ3) is 8.64. The Labute approximate surface area is 155 Å². The van der Waals surface area contributed by atoms with E-state index in [0.29, 0.717) is 0 Å². The molecule has 0 aliphatic heterocycles. The van der Waals surface area contributed by atoms with Gasteiger partial charge in [0.15, 0.2) is 0 Å². The number of rotatable bonds is 2. The first-order valence-electron chi connectivity index (χ1n) is 11.4. The van der Waals surface area contributed by atoms with Crippen molar-refractivity contribution in [3.8, 4) is 0 Å². The van der Waals surface area contributed by atoms with Crippen LogP contribution in [0.3, 0.4) is 0 Å². The van der Waals surface area contributed by atoms with Crippen LogP contribution in [-0.2, 0) is 0 Å². The SMILES string of the molecule is P=BC1CCC(C2CCCCCCCCCCCCCCC2)CC1. The second kappa shape index (κ2) is 13.6. The van der Waals surface area contributed by atoms with Crippen molar-refractivity contribution in [2.75, 3.05) is 0 Å². The molecule has 2 aliphatic rings. The summed E-state index contributed by atoms with van der Waals surface area (Å²) in [6.45, 7) is 2.27. The fraction of sp³-hybridized carbons (Fsp3) is 1.00. The quantitative estimate of drug-likeness (QED) is 0.348. The van der Waals surface area contributed by atoms with Gasteiger partial charge in [0.1, 0.15) is 0 Å². The zero-order valence-electron chi connectivity index (χ0n) is 16.2. The predicted molar refractivity (Wildman–Crippen MR) is 113 cm³/mol. The molecule has 0 nitrogen and oxygen atoms in total. The molecule has 0 amide bonds. The zero-order chi connectivity index (χ0) is 16.9. The average molecular weight is 348 g/mol. The molecule has 0 aromatic carbocycles.